The van der Waals surface area contributed by atoms with Crippen molar-refractivity contribution >= 4 is 40.4 Å². The molecule has 0 radical (unpaired) electrons. The minimum atomic E-state index is -0.134. The van der Waals surface area contributed by atoms with Crippen molar-refractivity contribution in [3.8, 4) is 0 Å². The number of benzene rings is 1. The number of nitrogens with zero attached hydrogens (tertiary/aromatic N) is 1. The predicted molar refractivity (Wildman–Crippen MR) is 113 cm³/mol. The third-order valence-electron chi connectivity index (χ3n) is 5.69. The second kappa shape index (κ2) is 8.52. The number of nitrogens with one attached hydrogen (secondary N) is 1. The second-order valence-corrected chi connectivity index (χ2v) is 9.26. The summed E-state index contributed by atoms with van der Waals surface area (Å²) >= 11 is 14.4. The van der Waals surface area contributed by atoms with Crippen LogP contribution in [0, 0.1) is 0 Å². The molecule has 1 aliphatic heterocycles. The highest BCUT2D eigenvalue weighted by atomic mass is 35.5. The van der Waals surface area contributed by atoms with E-state index in [0.717, 1.165) is 18.5 Å². The first kappa shape index (κ1) is 19.3. The monoisotopic (exact) mass is 422 g/mol. The summed E-state index contributed by atoms with van der Waals surface area (Å²) in [6, 6.07) is 8.04. The molecule has 27 heavy (non-hydrogen) atoms. The Morgan fingerprint density at radius 1 is 1.15 bits per heavy atom. The molecule has 1 aromatic heterocycles. The van der Waals surface area contributed by atoms with Crippen molar-refractivity contribution in [3.63, 3.8) is 0 Å². The second-order valence-electron chi connectivity index (χ2n) is 7.42. The van der Waals surface area contributed by atoms with Crippen LogP contribution in [0.25, 0.3) is 0 Å². The van der Waals surface area contributed by atoms with Gasteiger partial charge in [-0.2, -0.15) is 0 Å². The Balaban J connectivity index is 1.57. The number of carbonyl (C=O) groups excluding carboxylic acids is 1. The first-order chi connectivity index (χ1) is 13.1. The lowest BCUT2D eigenvalue weighted by molar-refractivity contribution is -0.132. The Morgan fingerprint density at radius 3 is 2.74 bits per heavy atom. The number of fused-ring (bicyclic) bond motifs is 1. The fourth-order valence-corrected chi connectivity index (χ4v) is 5.70. The van der Waals surface area contributed by atoms with Crippen LogP contribution in [-0.4, -0.2) is 29.9 Å². The van der Waals surface area contributed by atoms with Crippen molar-refractivity contribution in [1.82, 2.24) is 10.2 Å². The molecule has 3 nitrogen and oxygen atoms in total. The van der Waals surface area contributed by atoms with Crippen LogP contribution >= 0.6 is 34.5 Å². The first-order valence-corrected chi connectivity index (χ1v) is 11.3. The van der Waals surface area contributed by atoms with Gasteiger partial charge in [-0.3, -0.25) is 4.79 Å². The van der Waals surface area contributed by atoms with Crippen molar-refractivity contribution in [2.24, 2.45) is 0 Å². The molecular formula is C21H24Cl2N2OS. The van der Waals surface area contributed by atoms with E-state index in [-0.39, 0.29) is 11.9 Å². The van der Waals surface area contributed by atoms with Crippen molar-refractivity contribution in [1.29, 1.82) is 0 Å². The molecule has 4 rings (SSSR count). The molecule has 1 aromatic carbocycles. The van der Waals surface area contributed by atoms with Gasteiger partial charge in [0.15, 0.2) is 0 Å². The summed E-state index contributed by atoms with van der Waals surface area (Å²) in [4.78, 5) is 16.5. The summed E-state index contributed by atoms with van der Waals surface area (Å²) in [5.41, 5.74) is 2.15. The summed E-state index contributed by atoms with van der Waals surface area (Å²) in [5.74, 6) is 0.147. The molecule has 2 heterocycles. The molecule has 2 aliphatic rings. The molecule has 1 N–H and O–H groups in total. The number of thiophene rings is 1. The highest BCUT2D eigenvalue weighted by Gasteiger charge is 2.34. The van der Waals surface area contributed by atoms with Crippen LogP contribution in [0.3, 0.4) is 0 Å². The van der Waals surface area contributed by atoms with E-state index in [0.29, 0.717) is 22.6 Å². The molecule has 1 fully saturated rings. The quantitative estimate of drug-likeness (QED) is 0.709. The smallest absolute Gasteiger partial charge is 0.237 e. The first-order valence-electron chi connectivity index (χ1n) is 9.67. The summed E-state index contributed by atoms with van der Waals surface area (Å²) < 4.78 is 0. The summed E-state index contributed by atoms with van der Waals surface area (Å²) in [7, 11) is 0. The Morgan fingerprint density at radius 2 is 1.96 bits per heavy atom. The molecule has 1 atom stereocenters. The van der Waals surface area contributed by atoms with Crippen molar-refractivity contribution < 1.29 is 4.79 Å². The predicted octanol–water partition coefficient (Wildman–Crippen LogP) is 5.45. The normalized spacial score (nSPS) is 20.5. The summed E-state index contributed by atoms with van der Waals surface area (Å²) in [6.45, 7) is 1.12. The molecule has 1 amide bonds. The Hall–Kier alpha value is -1.07. The molecule has 0 spiro atoms. The minimum Gasteiger partial charge on any atom is -0.330 e. The zero-order valence-corrected chi connectivity index (χ0v) is 17.5. The molecule has 0 unspecified atom stereocenters. The number of rotatable bonds is 4. The maximum Gasteiger partial charge on any atom is 0.237 e. The van der Waals surface area contributed by atoms with Gasteiger partial charge in [-0.1, -0.05) is 48.5 Å². The van der Waals surface area contributed by atoms with E-state index in [2.05, 4.69) is 16.8 Å². The van der Waals surface area contributed by atoms with E-state index in [1.807, 2.05) is 17.0 Å². The molecule has 144 valence electrons. The third-order valence-corrected chi connectivity index (χ3v) is 7.25. The van der Waals surface area contributed by atoms with Gasteiger partial charge in [0.1, 0.15) is 0 Å². The Kier molecular flexibility index (Phi) is 6.08. The maximum absolute atomic E-state index is 13.1. The highest BCUT2D eigenvalue weighted by molar-refractivity contribution is 7.10. The van der Waals surface area contributed by atoms with E-state index < -0.39 is 0 Å². The molecule has 1 aliphatic carbocycles. The molecule has 6 heteroatoms. The lowest BCUT2D eigenvalue weighted by Crippen LogP contribution is -2.46. The fourth-order valence-electron chi connectivity index (χ4n) is 4.28. The van der Waals surface area contributed by atoms with Gasteiger partial charge in [-0.15, -0.1) is 11.3 Å². The number of hydrogen-bond donors (Lipinski definition) is 1. The van der Waals surface area contributed by atoms with E-state index in [9.17, 15) is 4.79 Å². The van der Waals surface area contributed by atoms with Crippen LogP contribution in [0.1, 0.15) is 54.1 Å². The van der Waals surface area contributed by atoms with Gasteiger partial charge in [0.2, 0.25) is 5.91 Å². The fraction of sp³-hybridized carbons (Fsp3) is 0.476. The number of carbonyl (C=O) groups is 1. The largest absolute Gasteiger partial charge is 0.330 e. The van der Waals surface area contributed by atoms with E-state index >= 15 is 0 Å². The average molecular weight is 423 g/mol. The van der Waals surface area contributed by atoms with Crippen LogP contribution in [0.15, 0.2) is 29.6 Å². The minimum absolute atomic E-state index is 0.134. The van der Waals surface area contributed by atoms with Crippen molar-refractivity contribution in [2.45, 2.75) is 50.6 Å². The number of amides is 1. The molecule has 0 saturated heterocycles. The Bertz CT molecular complexity index is 816. The zero-order chi connectivity index (χ0) is 18.8. The van der Waals surface area contributed by atoms with Gasteiger partial charge in [0.05, 0.1) is 12.6 Å². The van der Waals surface area contributed by atoms with Gasteiger partial charge in [0, 0.05) is 27.5 Å². The number of halogens is 2. The lowest BCUT2D eigenvalue weighted by Gasteiger charge is -2.37. The Labute approximate surface area is 174 Å². The van der Waals surface area contributed by atoms with Crippen LogP contribution in [-0.2, 0) is 11.2 Å². The van der Waals surface area contributed by atoms with E-state index in [4.69, 9.17) is 23.2 Å². The number of hydrogen-bond acceptors (Lipinski definition) is 3. The van der Waals surface area contributed by atoms with Gasteiger partial charge in [-0.25, -0.2) is 0 Å². The summed E-state index contributed by atoms with van der Waals surface area (Å²) in [5, 5.41) is 6.82. The van der Waals surface area contributed by atoms with Gasteiger partial charge >= 0.3 is 0 Å². The van der Waals surface area contributed by atoms with Crippen molar-refractivity contribution in [3.05, 3.63) is 55.7 Å². The maximum atomic E-state index is 13.1. The molecule has 2 aromatic rings. The molecule has 0 bridgehead atoms. The highest BCUT2D eigenvalue weighted by Crippen LogP contribution is 2.40. The standard InChI is InChI=1S/C21H24Cl2N2OS/c22-14-6-7-16(18(23)12-14)21-17-9-11-27-19(17)8-10-25(21)20(26)13-24-15-4-2-1-3-5-15/h6-7,9,11-12,15,21,24H,1-5,8,10,13H2/t21-/m1/s1. The van der Waals surface area contributed by atoms with E-state index in [1.54, 1.807) is 17.4 Å². The topological polar surface area (TPSA) is 32.3 Å². The van der Waals surface area contributed by atoms with Crippen LogP contribution in [0.5, 0.6) is 0 Å². The average Bonchev–Trinajstić information content (AvgIpc) is 3.15. The van der Waals surface area contributed by atoms with Gasteiger partial charge < -0.3 is 10.2 Å². The van der Waals surface area contributed by atoms with Crippen LogP contribution < -0.4 is 5.32 Å². The van der Waals surface area contributed by atoms with Gasteiger partial charge in [-0.05, 0) is 54.0 Å². The molecule has 1 saturated carbocycles. The lowest BCUT2D eigenvalue weighted by atomic mass is 9.93. The van der Waals surface area contributed by atoms with Crippen LogP contribution in [0.2, 0.25) is 10.0 Å². The zero-order valence-electron chi connectivity index (χ0n) is 15.2. The van der Waals surface area contributed by atoms with Crippen LogP contribution in [0.4, 0.5) is 0 Å². The summed E-state index contributed by atoms with van der Waals surface area (Å²) in [6.07, 6.45) is 7.09. The third kappa shape index (κ3) is 4.19. The SMILES string of the molecule is O=C(CNC1CCCCC1)N1CCc2sccc2[C@H]1c1ccc(Cl)cc1Cl. The van der Waals surface area contributed by atoms with E-state index in [1.165, 1.54) is 42.5 Å². The molecular weight excluding hydrogens is 399 g/mol. The van der Waals surface area contributed by atoms with Crippen molar-refractivity contribution in [2.75, 3.05) is 13.1 Å². The van der Waals surface area contributed by atoms with Gasteiger partial charge in [0.25, 0.3) is 0 Å².